The van der Waals surface area contributed by atoms with E-state index < -0.39 is 0 Å². The van der Waals surface area contributed by atoms with Crippen LogP contribution < -0.4 is 0 Å². The van der Waals surface area contributed by atoms with Crippen LogP contribution in [0.4, 0.5) is 0 Å². The van der Waals surface area contributed by atoms with Gasteiger partial charge in [0.2, 0.25) is 0 Å². The number of carbonyl (C=O) groups is 2. The van der Waals surface area contributed by atoms with Crippen LogP contribution in [0.5, 0.6) is 0 Å². The fourth-order valence-corrected chi connectivity index (χ4v) is 3.66. The first-order chi connectivity index (χ1) is 12.5. The molecule has 0 radical (unpaired) electrons. The molecule has 2 fully saturated rings. The van der Waals surface area contributed by atoms with Crippen LogP contribution in [0, 0.1) is 13.8 Å². The van der Waals surface area contributed by atoms with Crippen molar-refractivity contribution in [1.82, 2.24) is 19.9 Å². The Labute approximate surface area is 151 Å². The summed E-state index contributed by atoms with van der Waals surface area (Å²) in [5.41, 5.74) is 2.32. The number of pyridine rings is 1. The summed E-state index contributed by atoms with van der Waals surface area (Å²) in [6, 6.07) is 1.78. The maximum absolute atomic E-state index is 13.0. The second kappa shape index (κ2) is 6.68. The molecule has 8 heteroatoms. The third-order valence-corrected chi connectivity index (χ3v) is 5.06. The van der Waals surface area contributed by atoms with Crippen LogP contribution in [-0.4, -0.2) is 70.6 Å². The maximum Gasteiger partial charge on any atom is 0.258 e. The van der Waals surface area contributed by atoms with Gasteiger partial charge in [-0.05, 0) is 32.8 Å². The molecule has 4 rings (SSSR count). The standard InChI is InChI=1S/C18H22N4O4/c1-11-10-13(15-12(2)20-26-16(15)19-11)17(23)21-5-7-22(8-6-21)18(24)14-4-3-9-25-14/h10,14H,3-9H2,1-2H3. The van der Waals surface area contributed by atoms with E-state index in [2.05, 4.69) is 10.1 Å². The lowest BCUT2D eigenvalue weighted by molar-refractivity contribution is -0.142. The number of amides is 2. The number of nitrogens with zero attached hydrogens (tertiary/aromatic N) is 4. The molecule has 4 heterocycles. The van der Waals surface area contributed by atoms with Crippen LogP contribution in [0.25, 0.3) is 11.1 Å². The molecule has 8 nitrogen and oxygen atoms in total. The average Bonchev–Trinajstić information content (AvgIpc) is 3.30. The summed E-state index contributed by atoms with van der Waals surface area (Å²) >= 11 is 0. The number of ether oxygens (including phenoxy) is 1. The molecule has 2 aromatic heterocycles. The normalized spacial score (nSPS) is 20.8. The molecule has 26 heavy (non-hydrogen) atoms. The number of aromatic nitrogens is 2. The summed E-state index contributed by atoms with van der Waals surface area (Å²) in [5, 5.41) is 4.59. The smallest absolute Gasteiger partial charge is 0.258 e. The first-order valence-electron chi connectivity index (χ1n) is 8.98. The SMILES string of the molecule is Cc1cc(C(=O)N2CCN(C(=O)C3CCCO3)CC2)c2c(C)noc2n1. The maximum atomic E-state index is 13.0. The van der Waals surface area contributed by atoms with Crippen molar-refractivity contribution in [2.75, 3.05) is 32.8 Å². The molecule has 0 bridgehead atoms. The zero-order chi connectivity index (χ0) is 18.3. The predicted molar refractivity (Wildman–Crippen MR) is 92.7 cm³/mol. The van der Waals surface area contributed by atoms with Crippen LogP contribution in [0.15, 0.2) is 10.6 Å². The van der Waals surface area contributed by atoms with Crippen molar-refractivity contribution < 1.29 is 18.8 Å². The topological polar surface area (TPSA) is 88.8 Å². The number of carbonyl (C=O) groups excluding carboxylic acids is 2. The molecule has 138 valence electrons. The van der Waals surface area contributed by atoms with E-state index in [1.807, 2.05) is 6.92 Å². The average molecular weight is 358 g/mol. The minimum atomic E-state index is -0.306. The van der Waals surface area contributed by atoms with Gasteiger partial charge in [0, 0.05) is 38.5 Å². The van der Waals surface area contributed by atoms with Gasteiger partial charge in [-0.2, -0.15) is 0 Å². The Kier molecular flexibility index (Phi) is 4.36. The van der Waals surface area contributed by atoms with E-state index in [-0.39, 0.29) is 17.9 Å². The Morgan fingerprint density at radius 3 is 2.58 bits per heavy atom. The summed E-state index contributed by atoms with van der Waals surface area (Å²) < 4.78 is 10.7. The van der Waals surface area contributed by atoms with E-state index in [9.17, 15) is 9.59 Å². The van der Waals surface area contributed by atoms with Gasteiger partial charge >= 0.3 is 0 Å². The van der Waals surface area contributed by atoms with Gasteiger partial charge in [0.05, 0.1) is 16.6 Å². The molecule has 2 aliphatic rings. The molecule has 1 atom stereocenters. The van der Waals surface area contributed by atoms with Crippen LogP contribution in [-0.2, 0) is 9.53 Å². The Morgan fingerprint density at radius 1 is 1.15 bits per heavy atom. The monoisotopic (exact) mass is 358 g/mol. The molecule has 2 aromatic rings. The van der Waals surface area contributed by atoms with E-state index in [0.29, 0.717) is 60.8 Å². The van der Waals surface area contributed by atoms with Gasteiger partial charge in [-0.15, -0.1) is 0 Å². The number of hydrogen-bond acceptors (Lipinski definition) is 6. The van der Waals surface area contributed by atoms with Crippen molar-refractivity contribution in [2.24, 2.45) is 0 Å². The van der Waals surface area contributed by atoms with Crippen molar-refractivity contribution >= 4 is 22.9 Å². The highest BCUT2D eigenvalue weighted by atomic mass is 16.5. The molecule has 2 aliphatic heterocycles. The molecule has 1 unspecified atom stereocenters. The van der Waals surface area contributed by atoms with Crippen LogP contribution in [0.3, 0.4) is 0 Å². The lowest BCUT2D eigenvalue weighted by atomic mass is 10.1. The summed E-state index contributed by atoms with van der Waals surface area (Å²) in [6.07, 6.45) is 1.42. The number of piperazine rings is 1. The van der Waals surface area contributed by atoms with E-state index in [1.54, 1.807) is 22.8 Å². The highest BCUT2D eigenvalue weighted by molar-refractivity contribution is 6.06. The van der Waals surface area contributed by atoms with Crippen molar-refractivity contribution in [3.8, 4) is 0 Å². The molecule has 0 aromatic carbocycles. The van der Waals surface area contributed by atoms with Crippen molar-refractivity contribution in [3.05, 3.63) is 23.0 Å². The molecule has 2 amide bonds. The molecule has 0 saturated carbocycles. The fraction of sp³-hybridized carbons (Fsp3) is 0.556. The first kappa shape index (κ1) is 17.0. The number of fused-ring (bicyclic) bond motifs is 1. The zero-order valence-electron chi connectivity index (χ0n) is 15.0. The second-order valence-corrected chi connectivity index (χ2v) is 6.88. The van der Waals surface area contributed by atoms with E-state index in [1.165, 1.54) is 0 Å². The Bertz CT molecular complexity index is 848. The molecular weight excluding hydrogens is 336 g/mol. The second-order valence-electron chi connectivity index (χ2n) is 6.88. The van der Waals surface area contributed by atoms with Crippen molar-refractivity contribution in [1.29, 1.82) is 0 Å². The minimum Gasteiger partial charge on any atom is -0.368 e. The molecule has 0 spiro atoms. The Balaban J connectivity index is 1.49. The van der Waals surface area contributed by atoms with E-state index in [0.717, 1.165) is 12.8 Å². The third-order valence-electron chi connectivity index (χ3n) is 5.06. The van der Waals surface area contributed by atoms with Gasteiger partial charge in [0.15, 0.2) is 0 Å². The lowest BCUT2D eigenvalue weighted by Crippen LogP contribution is -2.52. The summed E-state index contributed by atoms with van der Waals surface area (Å²) in [6.45, 7) is 6.35. The number of aryl methyl sites for hydroxylation is 2. The molecular formula is C18H22N4O4. The van der Waals surface area contributed by atoms with Crippen molar-refractivity contribution in [2.45, 2.75) is 32.8 Å². The van der Waals surface area contributed by atoms with Gasteiger partial charge < -0.3 is 19.1 Å². The van der Waals surface area contributed by atoms with Gasteiger partial charge in [-0.25, -0.2) is 4.98 Å². The molecule has 0 N–H and O–H groups in total. The third kappa shape index (κ3) is 2.94. The highest BCUT2D eigenvalue weighted by Gasteiger charge is 2.32. The summed E-state index contributed by atoms with van der Waals surface area (Å²) in [7, 11) is 0. The molecule has 0 aliphatic carbocycles. The lowest BCUT2D eigenvalue weighted by Gasteiger charge is -2.35. The number of rotatable bonds is 2. The largest absolute Gasteiger partial charge is 0.368 e. The predicted octanol–water partition coefficient (Wildman–Crippen LogP) is 1.30. The summed E-state index contributed by atoms with van der Waals surface area (Å²) in [4.78, 5) is 33.4. The molecule has 2 saturated heterocycles. The van der Waals surface area contributed by atoms with Crippen LogP contribution in [0.1, 0.15) is 34.6 Å². The fourth-order valence-electron chi connectivity index (χ4n) is 3.66. The van der Waals surface area contributed by atoms with Gasteiger partial charge in [-0.1, -0.05) is 5.16 Å². The van der Waals surface area contributed by atoms with Gasteiger partial charge in [0.1, 0.15) is 6.10 Å². The quantitative estimate of drug-likeness (QED) is 0.804. The minimum absolute atomic E-state index is 0.0478. The van der Waals surface area contributed by atoms with Gasteiger partial charge in [0.25, 0.3) is 17.5 Å². The van der Waals surface area contributed by atoms with Gasteiger partial charge in [-0.3, -0.25) is 9.59 Å². The van der Waals surface area contributed by atoms with E-state index in [4.69, 9.17) is 9.26 Å². The Hall–Kier alpha value is -2.48. The number of hydrogen-bond donors (Lipinski definition) is 0. The van der Waals surface area contributed by atoms with E-state index >= 15 is 0 Å². The van der Waals surface area contributed by atoms with Crippen LogP contribution in [0.2, 0.25) is 0 Å². The summed E-state index contributed by atoms with van der Waals surface area (Å²) in [5.74, 6) is -0.0253. The first-order valence-corrected chi connectivity index (χ1v) is 8.98. The highest BCUT2D eigenvalue weighted by Crippen LogP contribution is 2.24. The zero-order valence-corrected chi connectivity index (χ0v) is 15.0. The van der Waals surface area contributed by atoms with Crippen molar-refractivity contribution in [3.63, 3.8) is 0 Å². The van der Waals surface area contributed by atoms with Crippen LogP contribution >= 0.6 is 0 Å². The Morgan fingerprint density at radius 2 is 1.88 bits per heavy atom.